The Morgan fingerprint density at radius 1 is 0.667 bits per heavy atom. The van der Waals surface area contributed by atoms with Crippen LogP contribution in [0.5, 0.6) is 0 Å². The van der Waals surface area contributed by atoms with Gasteiger partial charge < -0.3 is 59.5 Å². The summed E-state index contributed by atoms with van der Waals surface area (Å²) < 4.78 is 0. The average molecular weight is 644 g/mol. The second kappa shape index (κ2) is 20.8. The van der Waals surface area contributed by atoms with Gasteiger partial charge in [-0.25, -0.2) is 4.79 Å². The van der Waals surface area contributed by atoms with Gasteiger partial charge in [-0.05, 0) is 32.6 Å². The molecule has 0 aromatic carbocycles. The van der Waals surface area contributed by atoms with Crippen molar-refractivity contribution in [3.63, 3.8) is 0 Å². The highest BCUT2D eigenvalue weighted by molar-refractivity contribution is 5.95. The largest absolute Gasteiger partial charge is 0.480 e. The lowest BCUT2D eigenvalue weighted by Crippen LogP contribution is -2.55. The van der Waals surface area contributed by atoms with Gasteiger partial charge in [0.2, 0.25) is 41.4 Å². The summed E-state index contributed by atoms with van der Waals surface area (Å²) >= 11 is 0. The smallest absolute Gasteiger partial charge is 0.326 e. The normalized spacial score (nSPS) is 13.1. The molecule has 45 heavy (non-hydrogen) atoms. The molecule has 0 aliphatic carbocycles. The minimum absolute atomic E-state index is 0.0773. The molecule has 4 atom stereocenters. The summed E-state index contributed by atoms with van der Waals surface area (Å²) in [5.74, 6) is -6.76. The number of aliphatic imine (C=N–C) groups is 1. The summed E-state index contributed by atoms with van der Waals surface area (Å²) in [5.41, 5.74) is 16.0. The van der Waals surface area contributed by atoms with E-state index in [0.29, 0.717) is 0 Å². The predicted octanol–water partition coefficient (Wildman–Crippen LogP) is -5.93. The van der Waals surface area contributed by atoms with Crippen molar-refractivity contribution in [3.05, 3.63) is 0 Å². The van der Waals surface area contributed by atoms with E-state index in [9.17, 15) is 38.4 Å². The average Bonchev–Trinajstić information content (AvgIpc) is 2.95. The van der Waals surface area contributed by atoms with Crippen molar-refractivity contribution in [1.29, 1.82) is 0 Å². The number of carboxylic acid groups (broad SMARTS) is 1. The molecule has 7 amide bonds. The molecule has 0 bridgehead atoms. The van der Waals surface area contributed by atoms with E-state index in [-0.39, 0.29) is 31.3 Å². The lowest BCUT2D eigenvalue weighted by atomic mass is 10.1. The topological polar surface area (TPSA) is 331 Å². The van der Waals surface area contributed by atoms with Crippen LogP contribution >= 0.6 is 0 Å². The van der Waals surface area contributed by atoms with Crippen LogP contribution in [0, 0.1) is 5.92 Å². The zero-order chi connectivity index (χ0) is 34.7. The van der Waals surface area contributed by atoms with Crippen molar-refractivity contribution < 1.29 is 43.5 Å². The van der Waals surface area contributed by atoms with Gasteiger partial charge in [-0.1, -0.05) is 13.8 Å². The lowest BCUT2D eigenvalue weighted by molar-refractivity contribution is -0.143. The number of nitrogens with two attached hydrogens (primary N) is 3. The van der Waals surface area contributed by atoms with E-state index in [1.54, 1.807) is 13.8 Å². The Morgan fingerprint density at radius 2 is 1.16 bits per heavy atom. The first-order chi connectivity index (χ1) is 20.9. The van der Waals surface area contributed by atoms with E-state index < -0.39 is 97.7 Å². The van der Waals surface area contributed by atoms with Crippen LogP contribution in [0.3, 0.4) is 0 Å². The fourth-order valence-corrected chi connectivity index (χ4v) is 3.27. The molecule has 0 aromatic heterocycles. The van der Waals surface area contributed by atoms with Crippen molar-refractivity contribution in [1.82, 2.24) is 37.2 Å². The Kier molecular flexibility index (Phi) is 18.5. The first kappa shape index (κ1) is 40.0. The number of carbonyl (C=O) groups excluding carboxylic acids is 7. The molecule has 0 spiro atoms. The van der Waals surface area contributed by atoms with Crippen LogP contribution in [-0.4, -0.2) is 115 Å². The second-order valence-electron chi connectivity index (χ2n) is 10.2. The van der Waals surface area contributed by atoms with Gasteiger partial charge in [0.1, 0.15) is 18.1 Å². The van der Waals surface area contributed by atoms with E-state index in [1.807, 2.05) is 0 Å². The molecule has 254 valence electrons. The maximum absolute atomic E-state index is 12.8. The van der Waals surface area contributed by atoms with E-state index >= 15 is 0 Å². The maximum atomic E-state index is 12.8. The van der Waals surface area contributed by atoms with Crippen LogP contribution in [0.15, 0.2) is 4.99 Å². The summed E-state index contributed by atoms with van der Waals surface area (Å²) in [7, 11) is 0. The Morgan fingerprint density at radius 3 is 1.67 bits per heavy atom. The molecule has 0 aliphatic rings. The first-order valence-electron chi connectivity index (χ1n) is 14.0. The summed E-state index contributed by atoms with van der Waals surface area (Å²) in [4.78, 5) is 100.0. The van der Waals surface area contributed by atoms with Gasteiger partial charge in [-0.15, -0.1) is 0 Å². The lowest BCUT2D eigenvalue weighted by Gasteiger charge is -2.21. The Balaban J connectivity index is 4.78. The van der Waals surface area contributed by atoms with Gasteiger partial charge in [0.25, 0.3) is 0 Å². The van der Waals surface area contributed by atoms with Crippen molar-refractivity contribution in [2.45, 2.75) is 64.7 Å². The molecule has 0 aliphatic heterocycles. The van der Waals surface area contributed by atoms with E-state index in [0.717, 1.165) is 0 Å². The number of carbonyl (C=O) groups is 8. The van der Waals surface area contributed by atoms with Gasteiger partial charge in [-0.3, -0.25) is 38.6 Å². The van der Waals surface area contributed by atoms with Gasteiger partial charge in [-0.2, -0.15) is 0 Å². The van der Waals surface area contributed by atoms with Gasteiger partial charge >= 0.3 is 5.97 Å². The van der Waals surface area contributed by atoms with Crippen molar-refractivity contribution >= 4 is 53.3 Å². The van der Waals surface area contributed by atoms with Gasteiger partial charge in [0.15, 0.2) is 5.96 Å². The molecular formula is C25H45N11O9. The van der Waals surface area contributed by atoms with Crippen molar-refractivity contribution in [3.8, 4) is 0 Å². The number of hydrogen-bond donors (Lipinski definition) is 11. The molecule has 0 unspecified atom stereocenters. The minimum atomic E-state index is -1.22. The van der Waals surface area contributed by atoms with Crippen LogP contribution in [-0.2, 0) is 38.4 Å². The molecule has 20 heteroatoms. The Labute approximate surface area is 259 Å². The highest BCUT2D eigenvalue weighted by atomic mass is 16.4. The maximum Gasteiger partial charge on any atom is 0.326 e. The van der Waals surface area contributed by atoms with E-state index in [2.05, 4.69) is 42.2 Å². The molecular weight excluding hydrogens is 598 g/mol. The Hall–Kier alpha value is -5.01. The van der Waals surface area contributed by atoms with Crippen LogP contribution in [0.2, 0.25) is 0 Å². The molecule has 14 N–H and O–H groups in total. The summed E-state index contributed by atoms with van der Waals surface area (Å²) in [6.07, 6.45) is 0.357. The molecule has 0 rings (SSSR count). The fourth-order valence-electron chi connectivity index (χ4n) is 3.27. The third-order valence-corrected chi connectivity index (χ3v) is 5.75. The van der Waals surface area contributed by atoms with Crippen LogP contribution in [0.4, 0.5) is 0 Å². The van der Waals surface area contributed by atoms with Gasteiger partial charge in [0, 0.05) is 6.54 Å². The second-order valence-corrected chi connectivity index (χ2v) is 10.2. The summed E-state index contributed by atoms with van der Waals surface area (Å²) in [6.45, 7) is 4.07. The zero-order valence-corrected chi connectivity index (χ0v) is 25.7. The Bertz CT molecular complexity index is 1110. The van der Waals surface area contributed by atoms with Crippen LogP contribution in [0.25, 0.3) is 0 Å². The van der Waals surface area contributed by atoms with E-state index in [4.69, 9.17) is 22.3 Å². The standard InChI is InChI=1S/C25H45N11O9/c1-12(2)20(24(44)45)36-19(40)10-31-16(37)8-30-17(38)9-33-22(42)14(4)34-23(43)15(6-5-7-29-25(27)28)35-18(39)11-32-21(41)13(3)26/h12-15,20H,5-11,26H2,1-4H3,(H,30,38)(H,31,37)(H,32,41)(H,33,42)(H,34,43)(H,35,39)(H,36,40)(H,44,45)(H4,27,28,29)/t13-,14-,15-,20-/m0/s1. The minimum Gasteiger partial charge on any atom is -0.480 e. The number of carboxylic acids is 1. The molecule has 0 saturated heterocycles. The number of guanidine groups is 1. The zero-order valence-electron chi connectivity index (χ0n) is 25.7. The number of amides is 7. The molecule has 0 heterocycles. The van der Waals surface area contributed by atoms with Crippen molar-refractivity contribution in [2.24, 2.45) is 28.1 Å². The highest BCUT2D eigenvalue weighted by Crippen LogP contribution is 2.01. The monoisotopic (exact) mass is 643 g/mol. The number of nitrogens with zero attached hydrogens (tertiary/aromatic N) is 1. The number of hydrogen-bond acceptors (Lipinski definition) is 10. The molecule has 0 aromatic rings. The highest BCUT2D eigenvalue weighted by Gasteiger charge is 2.25. The fraction of sp³-hybridized carbons (Fsp3) is 0.640. The number of rotatable bonds is 20. The SMILES string of the molecule is CC(C)[C@H](NC(=O)CNC(=O)CNC(=O)CNC(=O)[C@H](C)NC(=O)[C@H](CCCN=C(N)N)NC(=O)CNC(=O)[C@H](C)N)C(=O)O. The first-order valence-corrected chi connectivity index (χ1v) is 14.0. The van der Waals surface area contributed by atoms with Crippen LogP contribution < -0.4 is 54.4 Å². The van der Waals surface area contributed by atoms with E-state index in [1.165, 1.54) is 13.8 Å². The number of nitrogens with one attached hydrogen (secondary N) is 7. The molecule has 20 nitrogen and oxygen atoms in total. The molecule has 0 fully saturated rings. The molecule has 0 saturated carbocycles. The number of aliphatic carboxylic acids is 1. The molecule has 0 radical (unpaired) electrons. The third kappa shape index (κ3) is 18.3. The quantitative estimate of drug-likeness (QED) is 0.0336. The third-order valence-electron chi connectivity index (χ3n) is 5.75. The van der Waals surface area contributed by atoms with Crippen molar-refractivity contribution in [2.75, 3.05) is 32.7 Å². The van der Waals surface area contributed by atoms with Gasteiger partial charge in [0.05, 0.1) is 32.2 Å². The summed E-state index contributed by atoms with van der Waals surface area (Å²) in [6, 6.07) is -4.26. The predicted molar refractivity (Wildman–Crippen MR) is 160 cm³/mol. The van der Waals surface area contributed by atoms with Crippen LogP contribution in [0.1, 0.15) is 40.5 Å². The summed E-state index contributed by atoms with van der Waals surface area (Å²) in [5, 5.41) is 25.3.